The van der Waals surface area contributed by atoms with Crippen LogP contribution in [-0.4, -0.2) is 84.4 Å². The molecular formula is C29H31ClN2O8. The minimum Gasteiger partial charge on any atom is -0.493 e. The molecule has 0 spiro atoms. The van der Waals surface area contributed by atoms with E-state index in [1.165, 1.54) is 18.1 Å². The molecule has 2 aromatic rings. The Bertz CT molecular complexity index is 1310. The second-order valence-corrected chi connectivity index (χ2v) is 10.4. The molecule has 2 aliphatic heterocycles. The summed E-state index contributed by atoms with van der Waals surface area (Å²) in [4.78, 5) is 40.4. The van der Waals surface area contributed by atoms with Crippen LogP contribution in [0.4, 0.5) is 0 Å². The van der Waals surface area contributed by atoms with E-state index in [-0.39, 0.29) is 31.2 Å². The summed E-state index contributed by atoms with van der Waals surface area (Å²) in [5.74, 6) is -0.926. The molecule has 1 aliphatic carbocycles. The molecule has 3 N–H and O–H groups in total. The second kappa shape index (κ2) is 12.0. The zero-order valence-electron chi connectivity index (χ0n) is 21.9. The van der Waals surface area contributed by atoms with Crippen molar-refractivity contribution in [3.8, 4) is 11.5 Å². The van der Waals surface area contributed by atoms with Crippen molar-refractivity contribution in [1.29, 1.82) is 0 Å². The quantitative estimate of drug-likeness (QED) is 0.390. The molecule has 0 aromatic heterocycles. The molecule has 5 atom stereocenters. The number of amides is 2. The fraction of sp³-hybridized carbons (Fsp3) is 0.414. The number of nitrogens with zero attached hydrogens (tertiary/aromatic N) is 1. The first-order chi connectivity index (χ1) is 19.4. The van der Waals surface area contributed by atoms with Gasteiger partial charge in [-0.1, -0.05) is 23.7 Å². The zero-order valence-corrected chi connectivity index (χ0v) is 22.7. The van der Waals surface area contributed by atoms with E-state index in [9.17, 15) is 24.6 Å². The van der Waals surface area contributed by atoms with E-state index in [1.807, 2.05) is 0 Å². The third kappa shape index (κ3) is 5.32. The molecule has 40 heavy (non-hydrogen) atoms. The number of aldehydes is 1. The maximum absolute atomic E-state index is 13.8. The van der Waals surface area contributed by atoms with Crippen LogP contribution >= 0.6 is 11.6 Å². The van der Waals surface area contributed by atoms with Gasteiger partial charge >= 0.3 is 0 Å². The molecule has 1 saturated heterocycles. The van der Waals surface area contributed by atoms with E-state index in [2.05, 4.69) is 5.32 Å². The lowest BCUT2D eigenvalue weighted by Crippen LogP contribution is -2.57. The maximum Gasteiger partial charge on any atom is 0.252 e. The molecule has 1 fully saturated rings. The van der Waals surface area contributed by atoms with Crippen molar-refractivity contribution in [2.24, 2.45) is 0 Å². The van der Waals surface area contributed by atoms with Gasteiger partial charge in [-0.15, -0.1) is 0 Å². The topological polar surface area (TPSA) is 135 Å². The molecule has 5 rings (SSSR count). The van der Waals surface area contributed by atoms with E-state index in [4.69, 9.17) is 25.8 Å². The van der Waals surface area contributed by atoms with E-state index in [1.54, 1.807) is 36.4 Å². The molecule has 2 amide bonds. The Hall–Kier alpha value is -3.44. The van der Waals surface area contributed by atoms with Gasteiger partial charge in [0.15, 0.2) is 11.5 Å². The fourth-order valence-corrected chi connectivity index (χ4v) is 5.76. The predicted molar refractivity (Wildman–Crippen MR) is 144 cm³/mol. The summed E-state index contributed by atoms with van der Waals surface area (Å²) in [6.45, 7) is 0.332. The number of rotatable bonds is 9. The van der Waals surface area contributed by atoms with Gasteiger partial charge in [-0.2, -0.15) is 0 Å². The number of hydrogen-bond donors (Lipinski definition) is 3. The smallest absolute Gasteiger partial charge is 0.252 e. The number of methoxy groups -OCH3 is 1. The normalized spacial score (nSPS) is 24.8. The van der Waals surface area contributed by atoms with Crippen LogP contribution in [0.1, 0.15) is 40.2 Å². The number of ether oxygens (including phenoxy) is 3. The van der Waals surface area contributed by atoms with Crippen molar-refractivity contribution >= 4 is 29.7 Å². The third-order valence-corrected chi connectivity index (χ3v) is 7.78. The molecule has 0 bridgehead atoms. The van der Waals surface area contributed by atoms with E-state index in [0.717, 1.165) is 12.0 Å². The fourth-order valence-electron chi connectivity index (χ4n) is 5.63. The van der Waals surface area contributed by atoms with Crippen molar-refractivity contribution in [1.82, 2.24) is 10.2 Å². The lowest BCUT2D eigenvalue weighted by molar-refractivity contribution is -0.147. The number of benzene rings is 2. The Labute approximate surface area is 236 Å². The van der Waals surface area contributed by atoms with Gasteiger partial charge in [-0.25, -0.2) is 0 Å². The number of carbonyl (C=O) groups excluding carboxylic acids is 3. The maximum atomic E-state index is 13.8. The van der Waals surface area contributed by atoms with Crippen molar-refractivity contribution in [3.63, 3.8) is 0 Å². The highest BCUT2D eigenvalue weighted by Gasteiger charge is 2.52. The highest BCUT2D eigenvalue weighted by atomic mass is 35.5. The largest absolute Gasteiger partial charge is 0.493 e. The predicted octanol–water partition coefficient (Wildman–Crippen LogP) is 1.99. The number of halogens is 1. The number of fused-ring (bicyclic) bond motifs is 3. The van der Waals surface area contributed by atoms with Crippen molar-refractivity contribution in [3.05, 3.63) is 69.8 Å². The lowest BCUT2D eigenvalue weighted by Gasteiger charge is -2.41. The highest BCUT2D eigenvalue weighted by molar-refractivity contribution is 6.30. The molecular weight excluding hydrogens is 540 g/mol. The number of hydrogen-bond acceptors (Lipinski definition) is 8. The summed E-state index contributed by atoms with van der Waals surface area (Å²) in [7, 11) is 1.44. The summed E-state index contributed by atoms with van der Waals surface area (Å²) in [5, 5.41) is 24.3. The van der Waals surface area contributed by atoms with Crippen LogP contribution in [0.15, 0.2) is 48.0 Å². The molecule has 11 heteroatoms. The minimum absolute atomic E-state index is 0.00945. The summed E-state index contributed by atoms with van der Waals surface area (Å²) in [6.07, 6.45) is 0.669. The van der Waals surface area contributed by atoms with Gasteiger partial charge in [0.05, 0.1) is 25.7 Å². The van der Waals surface area contributed by atoms with E-state index >= 15 is 0 Å². The van der Waals surface area contributed by atoms with Gasteiger partial charge in [-0.3, -0.25) is 14.4 Å². The Balaban J connectivity index is 1.60. The number of nitrogens with one attached hydrogen (secondary N) is 1. The number of aliphatic hydroxyl groups excluding tert-OH is 2. The Morgan fingerprint density at radius 1 is 1.25 bits per heavy atom. The first-order valence-corrected chi connectivity index (χ1v) is 13.5. The van der Waals surface area contributed by atoms with Gasteiger partial charge < -0.3 is 34.6 Å². The lowest BCUT2D eigenvalue weighted by atomic mass is 9.77. The highest BCUT2D eigenvalue weighted by Crippen LogP contribution is 2.51. The van der Waals surface area contributed by atoms with Crippen molar-refractivity contribution in [2.75, 3.05) is 26.9 Å². The van der Waals surface area contributed by atoms with Crippen LogP contribution in [0.3, 0.4) is 0 Å². The number of aliphatic hydroxyl groups is 2. The van der Waals surface area contributed by atoms with Crippen LogP contribution in [0.25, 0.3) is 0 Å². The molecule has 0 saturated carbocycles. The Kier molecular flexibility index (Phi) is 8.41. The SMILES string of the molecule is COc1cc(C=O)cc2c1O[C@@H]1[C@@H](O)[C@H](N(Cc3ccc(Cl)cc3)C(=O)C3CCCO3)C=C(C(=O)NCCO)[C@H]21. The molecule has 0 radical (unpaired) electrons. The number of carbonyl (C=O) groups is 3. The van der Waals surface area contributed by atoms with E-state index in [0.29, 0.717) is 47.0 Å². The molecule has 3 aliphatic rings. The zero-order chi connectivity index (χ0) is 28.4. The molecule has 10 nitrogen and oxygen atoms in total. The first-order valence-electron chi connectivity index (χ1n) is 13.2. The van der Waals surface area contributed by atoms with Gasteiger partial charge in [-0.05, 0) is 48.7 Å². The van der Waals surface area contributed by atoms with Crippen molar-refractivity contribution in [2.45, 2.75) is 49.7 Å². The van der Waals surface area contributed by atoms with Crippen LogP contribution in [0, 0.1) is 0 Å². The van der Waals surface area contributed by atoms with Gasteiger partial charge in [0.2, 0.25) is 5.91 Å². The average Bonchev–Trinajstić information content (AvgIpc) is 3.64. The summed E-state index contributed by atoms with van der Waals surface area (Å²) >= 11 is 6.07. The second-order valence-electron chi connectivity index (χ2n) is 10.00. The molecule has 2 aromatic carbocycles. The van der Waals surface area contributed by atoms with Crippen LogP contribution in [0.2, 0.25) is 5.02 Å². The summed E-state index contributed by atoms with van der Waals surface area (Å²) in [6, 6.07) is 9.21. The molecule has 212 valence electrons. The first kappa shape index (κ1) is 28.1. The van der Waals surface area contributed by atoms with Crippen LogP contribution in [0.5, 0.6) is 11.5 Å². The standard InChI is InChI=1S/C29H31ClN2O8/c1-38-23-12-17(15-34)11-19-24-20(28(36)31-8-9-33)13-21(25(35)27(24)40-26(19)23)32(29(37)22-3-2-10-39-22)14-16-4-6-18(30)7-5-16/h4-7,11-13,15,21-22,24-25,27,33,35H,2-3,8-10,14H2,1H3,(H,31,36)/t21-,22?,24+,25+,27+/m1/s1. The third-order valence-electron chi connectivity index (χ3n) is 7.53. The van der Waals surface area contributed by atoms with Gasteiger partial charge in [0.25, 0.3) is 5.91 Å². The van der Waals surface area contributed by atoms with Gasteiger partial charge in [0, 0.05) is 41.4 Å². The Morgan fingerprint density at radius 2 is 2.02 bits per heavy atom. The van der Waals surface area contributed by atoms with Gasteiger partial charge in [0.1, 0.15) is 24.6 Å². The molecule has 2 heterocycles. The molecule has 1 unspecified atom stereocenters. The van der Waals surface area contributed by atoms with E-state index < -0.39 is 36.2 Å². The Morgan fingerprint density at radius 3 is 2.67 bits per heavy atom. The van der Waals surface area contributed by atoms with Crippen LogP contribution in [-0.2, 0) is 20.9 Å². The van der Waals surface area contributed by atoms with Crippen molar-refractivity contribution < 1.29 is 38.8 Å². The summed E-state index contributed by atoms with van der Waals surface area (Å²) < 4.78 is 17.4. The monoisotopic (exact) mass is 570 g/mol. The average molecular weight is 571 g/mol. The summed E-state index contributed by atoms with van der Waals surface area (Å²) in [5.41, 5.74) is 1.87. The van der Waals surface area contributed by atoms with Crippen LogP contribution < -0.4 is 14.8 Å². The minimum atomic E-state index is -1.24.